The molecule has 2 aromatic rings. The lowest BCUT2D eigenvalue weighted by Crippen LogP contribution is -2.33. The van der Waals surface area contributed by atoms with E-state index < -0.39 is 17.7 Å². The second kappa shape index (κ2) is 10.4. The summed E-state index contributed by atoms with van der Waals surface area (Å²) in [6, 6.07) is 9.83. The summed E-state index contributed by atoms with van der Waals surface area (Å²) in [5, 5.41) is 11.4. The predicted molar refractivity (Wildman–Crippen MR) is 131 cm³/mol. The van der Waals surface area contributed by atoms with Crippen LogP contribution in [0.15, 0.2) is 48.2 Å². The van der Waals surface area contributed by atoms with Crippen LogP contribution in [-0.2, 0) is 19.7 Å². The van der Waals surface area contributed by atoms with Gasteiger partial charge in [-0.2, -0.15) is 0 Å². The number of aliphatic hydroxyl groups is 1. The highest BCUT2D eigenvalue weighted by molar-refractivity contribution is 6.46. The number of aromatic nitrogens is 1. The number of ketones is 1. The molecule has 1 aromatic heterocycles. The van der Waals surface area contributed by atoms with E-state index in [1.54, 1.807) is 36.5 Å². The lowest BCUT2D eigenvalue weighted by molar-refractivity contribution is -0.140. The number of hydrogen-bond acceptors (Lipinski definition) is 6. The Labute approximate surface area is 201 Å². The Balaban J connectivity index is 2.13. The first-order valence-electron chi connectivity index (χ1n) is 11.6. The maximum atomic E-state index is 13.2. The van der Waals surface area contributed by atoms with Crippen LogP contribution in [0.1, 0.15) is 64.4 Å². The Bertz CT molecular complexity index is 1070. The summed E-state index contributed by atoms with van der Waals surface area (Å²) in [5.41, 5.74) is 1.62. The Morgan fingerprint density at radius 3 is 2.50 bits per heavy atom. The molecule has 7 nitrogen and oxygen atoms in total. The summed E-state index contributed by atoms with van der Waals surface area (Å²) in [7, 11) is 0. The van der Waals surface area contributed by atoms with Crippen LogP contribution in [0.25, 0.3) is 5.76 Å². The quantitative estimate of drug-likeness (QED) is 0.347. The fourth-order valence-corrected chi connectivity index (χ4v) is 4.04. The highest BCUT2D eigenvalue weighted by Gasteiger charge is 2.46. The van der Waals surface area contributed by atoms with Gasteiger partial charge < -0.3 is 19.5 Å². The van der Waals surface area contributed by atoms with Crippen LogP contribution in [0.3, 0.4) is 0 Å². The first-order valence-corrected chi connectivity index (χ1v) is 11.6. The molecule has 1 aliphatic heterocycles. The molecule has 2 heterocycles. The van der Waals surface area contributed by atoms with Gasteiger partial charge in [0.15, 0.2) is 0 Å². The predicted octanol–water partition coefficient (Wildman–Crippen LogP) is 4.62. The highest BCUT2D eigenvalue weighted by Crippen LogP contribution is 2.40. The Kier molecular flexibility index (Phi) is 7.77. The van der Waals surface area contributed by atoms with E-state index in [-0.39, 0.29) is 36.0 Å². The number of pyridine rings is 1. The van der Waals surface area contributed by atoms with Crippen LogP contribution in [0.2, 0.25) is 0 Å². The van der Waals surface area contributed by atoms with E-state index in [1.165, 1.54) is 4.90 Å². The second-order valence-electron chi connectivity index (χ2n) is 9.56. The molecule has 1 aliphatic rings. The van der Waals surface area contributed by atoms with E-state index in [0.29, 0.717) is 17.9 Å². The average molecular weight is 467 g/mol. The average Bonchev–Trinajstić information content (AvgIpc) is 3.04. The number of nitrogens with zero attached hydrogens (tertiary/aromatic N) is 2. The van der Waals surface area contributed by atoms with Crippen molar-refractivity contribution in [3.63, 3.8) is 0 Å². The van der Waals surface area contributed by atoms with Gasteiger partial charge in [-0.05, 0) is 56.5 Å². The third kappa shape index (κ3) is 5.30. The van der Waals surface area contributed by atoms with E-state index >= 15 is 0 Å². The zero-order valence-electron chi connectivity index (χ0n) is 20.8. The number of rotatable bonds is 8. The third-order valence-corrected chi connectivity index (χ3v) is 5.65. The van der Waals surface area contributed by atoms with Crippen LogP contribution < -0.4 is 4.74 Å². The third-order valence-electron chi connectivity index (χ3n) is 5.65. The Hall–Kier alpha value is -3.19. The second-order valence-corrected chi connectivity index (χ2v) is 9.56. The smallest absolute Gasteiger partial charge is 0.295 e. The van der Waals surface area contributed by atoms with Crippen LogP contribution >= 0.6 is 0 Å². The molecular weight excluding hydrogens is 432 g/mol. The summed E-state index contributed by atoms with van der Waals surface area (Å²) in [4.78, 5) is 32.0. The molecule has 3 rings (SSSR count). The van der Waals surface area contributed by atoms with Gasteiger partial charge in [0.05, 0.1) is 30.6 Å². The number of hydrogen-bond donors (Lipinski definition) is 1. The topological polar surface area (TPSA) is 89.0 Å². The lowest BCUT2D eigenvalue weighted by atomic mass is 9.84. The van der Waals surface area contributed by atoms with Crippen molar-refractivity contribution in [2.24, 2.45) is 0 Å². The number of aliphatic hydroxyl groups excluding tert-OH is 1. The van der Waals surface area contributed by atoms with E-state index in [9.17, 15) is 14.7 Å². The van der Waals surface area contributed by atoms with E-state index in [0.717, 1.165) is 11.3 Å². The molecule has 7 heteroatoms. The largest absolute Gasteiger partial charge is 0.507 e. The first-order chi connectivity index (χ1) is 16.1. The van der Waals surface area contributed by atoms with Crippen LogP contribution in [-0.4, -0.2) is 52.5 Å². The fourth-order valence-electron chi connectivity index (χ4n) is 4.04. The number of amides is 1. The van der Waals surface area contributed by atoms with Gasteiger partial charge in [-0.25, -0.2) is 0 Å². The maximum Gasteiger partial charge on any atom is 0.295 e. The molecule has 182 valence electrons. The van der Waals surface area contributed by atoms with E-state index in [1.807, 2.05) is 26.8 Å². The standard InChI is InChI=1S/C27H34N2O5/c1-7-33-21-12-11-18(16-19(21)27(4,5)6)24(30)22-23(20-10-8-9-13-28-20)29(26(32)25(22)31)14-15-34-17(2)3/h8-13,16-17,23,30H,7,14-15H2,1-6H3/b24-22-. The molecule has 1 fully saturated rings. The number of carbonyl (C=O) groups excluding carboxylic acids is 2. The van der Waals surface area contributed by atoms with Gasteiger partial charge in [0, 0.05) is 23.9 Å². The minimum atomic E-state index is -0.804. The van der Waals surface area contributed by atoms with Gasteiger partial charge in [-0.1, -0.05) is 26.8 Å². The van der Waals surface area contributed by atoms with Gasteiger partial charge in [0.25, 0.3) is 11.7 Å². The number of Topliss-reactive ketones (excluding diaryl/α,β-unsaturated/α-hetero) is 1. The summed E-state index contributed by atoms with van der Waals surface area (Å²) < 4.78 is 11.4. The van der Waals surface area contributed by atoms with Crippen LogP contribution in [0, 0.1) is 0 Å². The summed E-state index contributed by atoms with van der Waals surface area (Å²) in [6.45, 7) is 12.9. The molecule has 0 saturated carbocycles. The molecule has 0 radical (unpaired) electrons. The van der Waals surface area contributed by atoms with Crippen molar-refractivity contribution in [3.05, 3.63) is 65.0 Å². The van der Waals surface area contributed by atoms with Crippen molar-refractivity contribution in [1.29, 1.82) is 0 Å². The summed E-state index contributed by atoms with van der Waals surface area (Å²) in [5.74, 6) is -0.913. The van der Waals surface area contributed by atoms with Gasteiger partial charge in [0.2, 0.25) is 0 Å². The van der Waals surface area contributed by atoms with Gasteiger partial charge in [-0.15, -0.1) is 0 Å². The van der Waals surface area contributed by atoms with Crippen molar-refractivity contribution in [2.75, 3.05) is 19.8 Å². The molecule has 0 spiro atoms. The molecule has 1 aromatic carbocycles. The number of benzene rings is 1. The summed E-state index contributed by atoms with van der Waals surface area (Å²) in [6.07, 6.45) is 1.60. The van der Waals surface area contributed by atoms with Crippen molar-refractivity contribution < 1.29 is 24.2 Å². The van der Waals surface area contributed by atoms with E-state index in [2.05, 4.69) is 25.8 Å². The highest BCUT2D eigenvalue weighted by atomic mass is 16.5. The van der Waals surface area contributed by atoms with Crippen molar-refractivity contribution in [1.82, 2.24) is 9.88 Å². The molecule has 34 heavy (non-hydrogen) atoms. The zero-order chi connectivity index (χ0) is 25.0. The van der Waals surface area contributed by atoms with Gasteiger partial charge >= 0.3 is 0 Å². The van der Waals surface area contributed by atoms with Crippen molar-refractivity contribution >= 4 is 17.4 Å². The minimum absolute atomic E-state index is 0.00945. The molecule has 1 saturated heterocycles. The molecule has 1 amide bonds. The fraction of sp³-hybridized carbons (Fsp3) is 0.444. The van der Waals surface area contributed by atoms with Crippen molar-refractivity contribution in [3.8, 4) is 5.75 Å². The van der Waals surface area contributed by atoms with Gasteiger partial charge in [0.1, 0.15) is 17.6 Å². The molecule has 1 N–H and O–H groups in total. The number of likely N-dealkylation sites (tertiary alicyclic amines) is 1. The molecule has 1 unspecified atom stereocenters. The molecular formula is C27H34N2O5. The lowest BCUT2D eigenvalue weighted by Gasteiger charge is -2.25. The maximum absolute atomic E-state index is 13.2. The first kappa shape index (κ1) is 25.4. The summed E-state index contributed by atoms with van der Waals surface area (Å²) >= 11 is 0. The number of ether oxygens (including phenoxy) is 2. The Morgan fingerprint density at radius 2 is 1.91 bits per heavy atom. The Morgan fingerprint density at radius 1 is 1.18 bits per heavy atom. The molecule has 0 bridgehead atoms. The van der Waals surface area contributed by atoms with Crippen molar-refractivity contribution in [2.45, 2.75) is 59.1 Å². The normalized spacial score (nSPS) is 18.1. The van der Waals surface area contributed by atoms with Gasteiger partial charge in [-0.3, -0.25) is 14.6 Å². The SMILES string of the molecule is CCOc1ccc(/C(O)=C2/C(=O)C(=O)N(CCOC(C)C)C2c2ccccn2)cc1C(C)(C)C. The zero-order valence-corrected chi connectivity index (χ0v) is 20.8. The van der Waals surface area contributed by atoms with Crippen LogP contribution in [0.5, 0.6) is 5.75 Å². The van der Waals surface area contributed by atoms with E-state index in [4.69, 9.17) is 9.47 Å². The molecule has 1 atom stereocenters. The van der Waals surface area contributed by atoms with Crippen LogP contribution in [0.4, 0.5) is 0 Å². The number of carbonyl (C=O) groups is 2. The minimum Gasteiger partial charge on any atom is -0.507 e. The molecule has 0 aliphatic carbocycles. The monoisotopic (exact) mass is 466 g/mol.